The van der Waals surface area contributed by atoms with Crippen molar-refractivity contribution in [3.8, 4) is 0 Å². The van der Waals surface area contributed by atoms with Gasteiger partial charge in [-0.25, -0.2) is 0 Å². The first-order valence-electron chi connectivity index (χ1n) is 8.98. The molecule has 27 heavy (non-hydrogen) atoms. The molecule has 1 N–H and O–H groups in total. The van der Waals surface area contributed by atoms with Crippen LogP contribution in [0.5, 0.6) is 0 Å². The van der Waals surface area contributed by atoms with Crippen LogP contribution in [0.2, 0.25) is 0 Å². The molecule has 1 aliphatic rings. The SMILES string of the molecule is CN=C(NCCS(=O)Cc1ccccc1)N1CCC(c2cnn(C)c2)C1.I. The first-order valence-corrected chi connectivity index (χ1v) is 10.5. The third-order valence-corrected chi connectivity index (χ3v) is 5.99. The van der Waals surface area contributed by atoms with Gasteiger partial charge in [-0.3, -0.25) is 13.9 Å². The molecule has 1 aromatic heterocycles. The summed E-state index contributed by atoms with van der Waals surface area (Å²) in [5.41, 5.74) is 2.41. The van der Waals surface area contributed by atoms with E-state index in [1.165, 1.54) is 5.56 Å². The molecule has 3 rings (SSSR count). The zero-order chi connectivity index (χ0) is 18.4. The Morgan fingerprint density at radius 3 is 2.81 bits per heavy atom. The van der Waals surface area contributed by atoms with E-state index < -0.39 is 10.8 Å². The maximum absolute atomic E-state index is 12.3. The smallest absolute Gasteiger partial charge is 0.193 e. The Hall–Kier alpha value is -1.42. The van der Waals surface area contributed by atoms with Gasteiger partial charge in [-0.1, -0.05) is 30.3 Å². The number of guanidine groups is 1. The van der Waals surface area contributed by atoms with E-state index in [2.05, 4.69) is 26.5 Å². The largest absolute Gasteiger partial charge is 0.355 e. The van der Waals surface area contributed by atoms with Crippen molar-refractivity contribution in [2.75, 3.05) is 32.4 Å². The number of halogens is 1. The number of likely N-dealkylation sites (tertiary alicyclic amines) is 1. The minimum atomic E-state index is -0.872. The van der Waals surface area contributed by atoms with Crippen LogP contribution in [-0.4, -0.2) is 57.3 Å². The van der Waals surface area contributed by atoms with Crippen molar-refractivity contribution in [1.29, 1.82) is 0 Å². The van der Waals surface area contributed by atoms with Gasteiger partial charge in [0.25, 0.3) is 0 Å². The number of rotatable bonds is 6. The topological polar surface area (TPSA) is 62.5 Å². The zero-order valence-electron chi connectivity index (χ0n) is 15.9. The summed E-state index contributed by atoms with van der Waals surface area (Å²) in [4.78, 5) is 6.67. The molecule has 6 nitrogen and oxygen atoms in total. The molecule has 0 spiro atoms. The van der Waals surface area contributed by atoms with E-state index in [9.17, 15) is 4.21 Å². The van der Waals surface area contributed by atoms with Gasteiger partial charge in [0.15, 0.2) is 5.96 Å². The van der Waals surface area contributed by atoms with Gasteiger partial charge in [-0.2, -0.15) is 5.10 Å². The molecule has 2 unspecified atom stereocenters. The molecule has 148 valence electrons. The number of nitrogens with zero attached hydrogens (tertiary/aromatic N) is 4. The van der Waals surface area contributed by atoms with E-state index in [4.69, 9.17) is 0 Å². The van der Waals surface area contributed by atoms with Crippen LogP contribution in [0.3, 0.4) is 0 Å². The molecule has 2 heterocycles. The molecule has 1 saturated heterocycles. The molecule has 0 amide bonds. The van der Waals surface area contributed by atoms with Gasteiger partial charge in [0.1, 0.15) is 0 Å². The first-order chi connectivity index (χ1) is 12.7. The van der Waals surface area contributed by atoms with E-state index in [1.807, 2.05) is 48.3 Å². The normalized spacial score (nSPS) is 18.2. The van der Waals surface area contributed by atoms with Gasteiger partial charge in [-0.15, -0.1) is 24.0 Å². The Labute approximate surface area is 180 Å². The number of aliphatic imine (C=N–C) groups is 1. The van der Waals surface area contributed by atoms with Crippen LogP contribution in [-0.2, 0) is 23.6 Å². The fourth-order valence-corrected chi connectivity index (χ4v) is 4.36. The highest BCUT2D eigenvalue weighted by atomic mass is 127. The highest BCUT2D eigenvalue weighted by Gasteiger charge is 2.26. The van der Waals surface area contributed by atoms with Crippen molar-refractivity contribution in [2.24, 2.45) is 12.0 Å². The first kappa shape index (κ1) is 21.9. The minimum absolute atomic E-state index is 0. The Morgan fingerprint density at radius 2 is 2.15 bits per heavy atom. The van der Waals surface area contributed by atoms with Crippen molar-refractivity contribution in [2.45, 2.75) is 18.1 Å². The highest BCUT2D eigenvalue weighted by molar-refractivity contribution is 14.0. The van der Waals surface area contributed by atoms with E-state index in [-0.39, 0.29) is 24.0 Å². The summed E-state index contributed by atoms with van der Waals surface area (Å²) in [6.45, 7) is 2.59. The molecule has 0 bridgehead atoms. The number of aryl methyl sites for hydroxylation is 1. The molecule has 0 radical (unpaired) electrons. The number of aromatic nitrogens is 2. The predicted molar refractivity (Wildman–Crippen MR) is 122 cm³/mol. The van der Waals surface area contributed by atoms with Gasteiger partial charge in [0.05, 0.1) is 6.20 Å². The number of nitrogens with one attached hydrogen (secondary N) is 1. The minimum Gasteiger partial charge on any atom is -0.355 e. The van der Waals surface area contributed by atoms with Crippen LogP contribution >= 0.6 is 24.0 Å². The van der Waals surface area contributed by atoms with Crippen LogP contribution < -0.4 is 5.32 Å². The van der Waals surface area contributed by atoms with E-state index in [0.29, 0.717) is 24.0 Å². The van der Waals surface area contributed by atoms with Crippen molar-refractivity contribution in [1.82, 2.24) is 20.0 Å². The Bertz CT molecular complexity index is 764. The van der Waals surface area contributed by atoms with Crippen molar-refractivity contribution in [3.63, 3.8) is 0 Å². The second-order valence-corrected chi connectivity index (χ2v) is 8.20. The Balaban J connectivity index is 0.00000261. The summed E-state index contributed by atoms with van der Waals surface area (Å²) in [6.07, 6.45) is 5.15. The van der Waals surface area contributed by atoms with E-state index in [0.717, 1.165) is 31.0 Å². The summed E-state index contributed by atoms with van der Waals surface area (Å²) in [5, 5.41) is 7.64. The predicted octanol–water partition coefficient (Wildman–Crippen LogP) is 2.35. The van der Waals surface area contributed by atoms with Gasteiger partial charge in [0, 0.05) is 68.1 Å². The summed E-state index contributed by atoms with van der Waals surface area (Å²) in [5.74, 6) is 2.62. The maximum atomic E-state index is 12.3. The highest BCUT2D eigenvalue weighted by Crippen LogP contribution is 2.26. The van der Waals surface area contributed by atoms with Crippen LogP contribution in [0.15, 0.2) is 47.7 Å². The van der Waals surface area contributed by atoms with Gasteiger partial charge >= 0.3 is 0 Å². The third-order valence-electron chi connectivity index (χ3n) is 4.68. The fraction of sp³-hybridized carbons (Fsp3) is 0.474. The number of hydrogen-bond acceptors (Lipinski definition) is 3. The Morgan fingerprint density at radius 1 is 1.37 bits per heavy atom. The number of benzene rings is 1. The van der Waals surface area contributed by atoms with E-state index >= 15 is 0 Å². The summed E-state index contributed by atoms with van der Waals surface area (Å²) >= 11 is 0. The van der Waals surface area contributed by atoms with Crippen LogP contribution in [0.1, 0.15) is 23.5 Å². The summed E-state index contributed by atoms with van der Waals surface area (Å²) < 4.78 is 14.1. The maximum Gasteiger partial charge on any atom is 0.193 e. The lowest BCUT2D eigenvalue weighted by Crippen LogP contribution is -2.41. The standard InChI is InChI=1S/C19H27N5OS.HI/c1-20-19(21-9-11-26(25)15-16-6-4-3-5-7-16)24-10-8-17(14-24)18-12-22-23(2)13-18;/h3-7,12-13,17H,8-11,14-15H2,1-2H3,(H,20,21);1H. The van der Waals surface area contributed by atoms with Crippen molar-refractivity contribution >= 4 is 40.7 Å². The van der Waals surface area contributed by atoms with Crippen molar-refractivity contribution < 1.29 is 4.21 Å². The Kier molecular flexibility index (Phi) is 8.75. The van der Waals surface area contributed by atoms with Crippen molar-refractivity contribution in [3.05, 3.63) is 53.9 Å². The van der Waals surface area contributed by atoms with Gasteiger partial charge in [-0.05, 0) is 17.5 Å². The van der Waals surface area contributed by atoms with Crippen LogP contribution in [0.4, 0.5) is 0 Å². The summed E-state index contributed by atoms with van der Waals surface area (Å²) in [6, 6.07) is 9.99. The molecular weight excluding hydrogens is 473 g/mol. The average Bonchev–Trinajstić information content (AvgIpc) is 3.28. The molecule has 1 aromatic carbocycles. The number of hydrogen-bond donors (Lipinski definition) is 1. The fourth-order valence-electron chi connectivity index (χ4n) is 3.32. The monoisotopic (exact) mass is 501 g/mol. The third kappa shape index (κ3) is 6.31. The van der Waals surface area contributed by atoms with E-state index in [1.54, 1.807) is 7.05 Å². The quantitative estimate of drug-likeness (QED) is 0.375. The lowest BCUT2D eigenvalue weighted by atomic mass is 10.0. The zero-order valence-corrected chi connectivity index (χ0v) is 19.0. The molecule has 8 heteroatoms. The van der Waals surface area contributed by atoms with Gasteiger partial charge in [0.2, 0.25) is 0 Å². The average molecular weight is 501 g/mol. The molecule has 1 fully saturated rings. The molecule has 1 aliphatic heterocycles. The molecular formula is C19H28IN5OS. The van der Waals surface area contributed by atoms with Crippen LogP contribution in [0.25, 0.3) is 0 Å². The molecule has 0 aliphatic carbocycles. The lowest BCUT2D eigenvalue weighted by Gasteiger charge is -2.21. The molecule has 0 saturated carbocycles. The second-order valence-electron chi connectivity index (χ2n) is 6.63. The summed E-state index contributed by atoms with van der Waals surface area (Å²) in [7, 11) is 2.88. The second kappa shape index (κ2) is 10.8. The van der Waals surface area contributed by atoms with Gasteiger partial charge < -0.3 is 10.2 Å². The lowest BCUT2D eigenvalue weighted by molar-refractivity contribution is 0.488. The molecule has 2 atom stereocenters. The molecule has 2 aromatic rings. The van der Waals surface area contributed by atoms with Crippen LogP contribution in [0, 0.1) is 0 Å².